The van der Waals surface area contributed by atoms with Crippen molar-refractivity contribution in [3.05, 3.63) is 41.9 Å². The predicted octanol–water partition coefficient (Wildman–Crippen LogP) is 2.75. The van der Waals surface area contributed by atoms with Crippen molar-refractivity contribution < 1.29 is 9.32 Å². The lowest BCUT2D eigenvalue weighted by Crippen LogP contribution is -2.48. The van der Waals surface area contributed by atoms with Gasteiger partial charge < -0.3 is 14.3 Å². The van der Waals surface area contributed by atoms with Crippen LogP contribution >= 0.6 is 0 Å². The molecule has 2 fully saturated rings. The number of hydrogen-bond acceptors (Lipinski definition) is 8. The van der Waals surface area contributed by atoms with Crippen LogP contribution in [0.2, 0.25) is 0 Å². The zero-order valence-electron chi connectivity index (χ0n) is 18.7. The molecule has 1 saturated carbocycles. The molecule has 5 rings (SSSR count). The van der Waals surface area contributed by atoms with Crippen molar-refractivity contribution in [1.29, 1.82) is 0 Å². The zero-order valence-corrected chi connectivity index (χ0v) is 18.7. The summed E-state index contributed by atoms with van der Waals surface area (Å²) in [5.74, 6) is 2.43. The zero-order chi connectivity index (χ0) is 22.2. The van der Waals surface area contributed by atoms with Crippen LogP contribution in [0.15, 0.2) is 29.2 Å². The van der Waals surface area contributed by atoms with E-state index in [0.717, 1.165) is 50.4 Å². The number of hydrogen-bond donors (Lipinski definition) is 0. The topological polar surface area (TPSA) is 106 Å². The normalized spacial score (nSPS) is 17.2. The van der Waals surface area contributed by atoms with Gasteiger partial charge in [0, 0.05) is 37.3 Å². The van der Waals surface area contributed by atoms with Crippen molar-refractivity contribution in [2.24, 2.45) is 0 Å². The van der Waals surface area contributed by atoms with E-state index in [2.05, 4.69) is 48.9 Å². The molecule has 1 amide bonds. The molecule has 0 aromatic carbocycles. The van der Waals surface area contributed by atoms with Gasteiger partial charge in [0.05, 0.1) is 5.56 Å². The van der Waals surface area contributed by atoms with Crippen LogP contribution in [0.3, 0.4) is 0 Å². The van der Waals surface area contributed by atoms with Gasteiger partial charge in [-0.1, -0.05) is 19.0 Å². The Morgan fingerprint density at radius 3 is 2.44 bits per heavy atom. The molecule has 10 nitrogen and oxygen atoms in total. The molecule has 0 unspecified atom stereocenters. The molecule has 3 aromatic heterocycles. The summed E-state index contributed by atoms with van der Waals surface area (Å²) in [5, 5.41) is 8.25. The average molecular weight is 437 g/mol. The summed E-state index contributed by atoms with van der Waals surface area (Å²) >= 11 is 0. The Morgan fingerprint density at radius 2 is 1.88 bits per heavy atom. The van der Waals surface area contributed by atoms with Gasteiger partial charge in [0.2, 0.25) is 0 Å². The van der Waals surface area contributed by atoms with E-state index in [1.54, 1.807) is 10.9 Å². The lowest BCUT2D eigenvalue weighted by atomic mass is 10.0. The number of carbonyl (C=O) groups excluding carboxylic acids is 1. The van der Waals surface area contributed by atoms with E-state index in [1.165, 1.54) is 6.33 Å². The first kappa shape index (κ1) is 20.6. The minimum atomic E-state index is 0.0557. The fourth-order valence-electron chi connectivity index (χ4n) is 4.22. The molecule has 4 heterocycles. The van der Waals surface area contributed by atoms with E-state index in [0.29, 0.717) is 23.4 Å². The fraction of sp³-hybridized carbons (Fsp3) is 0.545. The Labute approximate surface area is 186 Å². The van der Waals surface area contributed by atoms with Crippen LogP contribution in [-0.4, -0.2) is 65.9 Å². The second-order valence-electron chi connectivity index (χ2n) is 8.88. The SMILES string of the molecule is Cc1ncnn1-c1ccc(C(=O)N(C2CC2)C2CCN(c3nc(C(C)C)no3)CC2)cn1. The number of carbonyl (C=O) groups is 1. The highest BCUT2D eigenvalue weighted by molar-refractivity contribution is 5.94. The van der Waals surface area contributed by atoms with Gasteiger partial charge in [0.1, 0.15) is 12.2 Å². The van der Waals surface area contributed by atoms with Gasteiger partial charge in [-0.25, -0.2) is 9.97 Å². The number of nitrogens with zero attached hydrogens (tertiary/aromatic N) is 8. The molecule has 32 heavy (non-hydrogen) atoms. The summed E-state index contributed by atoms with van der Waals surface area (Å²) in [4.78, 5) is 30.7. The maximum Gasteiger partial charge on any atom is 0.324 e. The number of aryl methyl sites for hydroxylation is 1. The lowest BCUT2D eigenvalue weighted by Gasteiger charge is -2.38. The van der Waals surface area contributed by atoms with Crippen molar-refractivity contribution in [2.45, 2.75) is 64.5 Å². The van der Waals surface area contributed by atoms with Gasteiger partial charge in [-0.15, -0.1) is 0 Å². The van der Waals surface area contributed by atoms with Gasteiger partial charge in [-0.3, -0.25) is 4.79 Å². The van der Waals surface area contributed by atoms with Crippen molar-refractivity contribution >= 4 is 11.9 Å². The fourth-order valence-corrected chi connectivity index (χ4v) is 4.22. The van der Waals surface area contributed by atoms with Crippen LogP contribution in [-0.2, 0) is 0 Å². The van der Waals surface area contributed by atoms with Gasteiger partial charge in [0.15, 0.2) is 11.6 Å². The van der Waals surface area contributed by atoms with E-state index in [1.807, 2.05) is 19.1 Å². The molecule has 3 aromatic rings. The number of amides is 1. The third-order valence-corrected chi connectivity index (χ3v) is 6.18. The standard InChI is InChI=1S/C22H28N8O2/c1-14(2)20-26-22(32-27-20)28-10-8-18(9-11-28)29(17-5-6-17)21(31)16-4-7-19(23-12-16)30-15(3)24-13-25-30/h4,7,12-14,17-18H,5-6,8-11H2,1-3H3. The Morgan fingerprint density at radius 1 is 1.12 bits per heavy atom. The second kappa shape index (κ2) is 8.33. The second-order valence-corrected chi connectivity index (χ2v) is 8.88. The number of anilines is 1. The summed E-state index contributed by atoms with van der Waals surface area (Å²) in [5.41, 5.74) is 0.610. The summed E-state index contributed by atoms with van der Waals surface area (Å²) < 4.78 is 7.11. The van der Waals surface area contributed by atoms with Gasteiger partial charge in [0.25, 0.3) is 5.91 Å². The highest BCUT2D eigenvalue weighted by Gasteiger charge is 2.39. The van der Waals surface area contributed by atoms with Crippen LogP contribution in [0.1, 0.15) is 67.5 Å². The molecular weight excluding hydrogens is 408 g/mol. The Bertz CT molecular complexity index is 1080. The summed E-state index contributed by atoms with van der Waals surface area (Å²) in [6.07, 6.45) is 7.04. The quantitative estimate of drug-likeness (QED) is 0.581. The minimum absolute atomic E-state index is 0.0557. The van der Waals surface area contributed by atoms with E-state index < -0.39 is 0 Å². The first-order chi connectivity index (χ1) is 15.5. The Hall–Kier alpha value is -3.30. The van der Waals surface area contributed by atoms with Crippen LogP contribution in [0.5, 0.6) is 0 Å². The summed E-state index contributed by atoms with van der Waals surface area (Å²) in [7, 11) is 0. The summed E-state index contributed by atoms with van der Waals surface area (Å²) in [6.45, 7) is 7.56. The highest BCUT2D eigenvalue weighted by atomic mass is 16.5. The molecule has 1 saturated heterocycles. The minimum Gasteiger partial charge on any atom is -0.332 e. The highest BCUT2D eigenvalue weighted by Crippen LogP contribution is 2.34. The van der Waals surface area contributed by atoms with E-state index >= 15 is 0 Å². The number of aromatic nitrogens is 6. The van der Waals surface area contributed by atoms with Gasteiger partial charge in [-0.2, -0.15) is 14.8 Å². The van der Waals surface area contributed by atoms with Crippen LogP contribution in [0.4, 0.5) is 6.01 Å². The maximum atomic E-state index is 13.4. The molecule has 1 aliphatic heterocycles. The van der Waals surface area contributed by atoms with Gasteiger partial charge in [-0.05, 0) is 44.7 Å². The molecule has 168 valence electrons. The van der Waals surface area contributed by atoms with E-state index in [4.69, 9.17) is 4.52 Å². The Kier molecular flexibility index (Phi) is 5.36. The van der Waals surface area contributed by atoms with Crippen molar-refractivity contribution in [1.82, 2.24) is 34.8 Å². The number of pyridine rings is 1. The van der Waals surface area contributed by atoms with Crippen molar-refractivity contribution in [3.63, 3.8) is 0 Å². The van der Waals surface area contributed by atoms with E-state index in [9.17, 15) is 4.79 Å². The van der Waals surface area contributed by atoms with Crippen LogP contribution < -0.4 is 4.90 Å². The van der Waals surface area contributed by atoms with Crippen LogP contribution in [0.25, 0.3) is 5.82 Å². The first-order valence-electron chi connectivity index (χ1n) is 11.3. The number of rotatable bonds is 6. The third kappa shape index (κ3) is 3.96. The predicted molar refractivity (Wildman–Crippen MR) is 117 cm³/mol. The molecule has 1 aliphatic carbocycles. The smallest absolute Gasteiger partial charge is 0.324 e. The Balaban J connectivity index is 1.27. The number of piperidine rings is 1. The largest absolute Gasteiger partial charge is 0.332 e. The van der Waals surface area contributed by atoms with Crippen LogP contribution in [0, 0.1) is 6.92 Å². The first-order valence-corrected chi connectivity index (χ1v) is 11.3. The molecule has 10 heteroatoms. The van der Waals surface area contributed by atoms with Gasteiger partial charge >= 0.3 is 6.01 Å². The van der Waals surface area contributed by atoms with E-state index in [-0.39, 0.29) is 17.9 Å². The van der Waals surface area contributed by atoms with Crippen molar-refractivity contribution in [2.75, 3.05) is 18.0 Å². The maximum absolute atomic E-state index is 13.4. The third-order valence-electron chi connectivity index (χ3n) is 6.18. The summed E-state index contributed by atoms with van der Waals surface area (Å²) in [6, 6.07) is 4.77. The molecular formula is C22H28N8O2. The molecule has 0 atom stereocenters. The average Bonchev–Trinajstić information content (AvgIpc) is 3.32. The molecule has 2 aliphatic rings. The monoisotopic (exact) mass is 436 g/mol. The molecule has 0 radical (unpaired) electrons. The molecule has 0 N–H and O–H groups in total. The molecule has 0 spiro atoms. The van der Waals surface area contributed by atoms with Crippen molar-refractivity contribution in [3.8, 4) is 5.82 Å². The lowest BCUT2D eigenvalue weighted by molar-refractivity contribution is 0.0629. The molecule has 0 bridgehead atoms.